The number of nitrogens with one attached hydrogen (secondary N) is 1. The Bertz CT molecular complexity index is 678. The fourth-order valence-corrected chi connectivity index (χ4v) is 1.39. The summed E-state index contributed by atoms with van der Waals surface area (Å²) < 4.78 is 0. The molecule has 1 aromatic heterocycles. The van der Waals surface area contributed by atoms with Gasteiger partial charge in [0.25, 0.3) is 11.6 Å². The molecule has 0 unspecified atom stereocenters. The number of carbonyl (C=O) groups excluding carboxylic acids is 1. The zero-order chi connectivity index (χ0) is 12.4. The number of benzene rings is 1. The van der Waals surface area contributed by atoms with E-state index >= 15 is 0 Å². The topological polar surface area (TPSA) is 115 Å². The summed E-state index contributed by atoms with van der Waals surface area (Å²) in [4.78, 5) is 20.7. The second kappa shape index (κ2) is 3.94. The van der Waals surface area contributed by atoms with Crippen molar-refractivity contribution in [3.8, 4) is 11.8 Å². The number of carbonyl (C=O) groups is 1. The average Bonchev–Trinajstić information content (AvgIpc) is 2.68. The van der Waals surface area contributed by atoms with Gasteiger partial charge in [0.05, 0.1) is 4.92 Å². The van der Waals surface area contributed by atoms with Gasteiger partial charge < -0.3 is 5.73 Å². The monoisotopic (exact) mass is 230 g/mol. The normalized spacial score (nSPS) is 9.65. The standard InChI is InChI=1S/C10H6N4O3/c11-9(15)5-4-7-6-2-1-3-8(14(16)17)10(6)13-12-7/h1-3H,(H2,11,15)(H,12,13). The number of rotatable bonds is 1. The van der Waals surface area contributed by atoms with Crippen LogP contribution in [0, 0.1) is 22.0 Å². The van der Waals surface area contributed by atoms with Crippen molar-refractivity contribution in [3.05, 3.63) is 34.0 Å². The number of non-ortho nitro benzene ring substituents is 1. The predicted molar refractivity (Wildman–Crippen MR) is 58.8 cm³/mol. The van der Waals surface area contributed by atoms with Gasteiger partial charge in [-0.1, -0.05) is 6.07 Å². The minimum atomic E-state index is -0.779. The summed E-state index contributed by atoms with van der Waals surface area (Å²) in [6, 6.07) is 4.48. The van der Waals surface area contributed by atoms with Gasteiger partial charge in [0, 0.05) is 17.4 Å². The van der Waals surface area contributed by atoms with Crippen LogP contribution in [0.15, 0.2) is 18.2 Å². The summed E-state index contributed by atoms with van der Waals surface area (Å²) in [5, 5.41) is 17.5. The molecule has 1 heterocycles. The highest BCUT2D eigenvalue weighted by Gasteiger charge is 2.15. The van der Waals surface area contributed by atoms with Crippen LogP contribution in [-0.4, -0.2) is 21.0 Å². The smallest absolute Gasteiger partial charge is 0.297 e. The highest BCUT2D eigenvalue weighted by atomic mass is 16.6. The Balaban J connectivity index is 2.64. The SMILES string of the molecule is NC(=O)C#Cc1[nH]nc2c([N+](=O)[O-])cccc12. The van der Waals surface area contributed by atoms with E-state index in [1.54, 1.807) is 6.07 Å². The fourth-order valence-electron chi connectivity index (χ4n) is 1.39. The first-order valence-corrected chi connectivity index (χ1v) is 4.52. The molecule has 1 amide bonds. The largest absolute Gasteiger partial charge is 0.359 e. The lowest BCUT2D eigenvalue weighted by atomic mass is 10.2. The highest BCUT2D eigenvalue weighted by molar-refractivity contribution is 5.95. The number of para-hydroxylation sites is 1. The molecule has 84 valence electrons. The highest BCUT2D eigenvalue weighted by Crippen LogP contribution is 2.24. The number of hydrogen-bond acceptors (Lipinski definition) is 4. The Morgan fingerprint density at radius 2 is 2.29 bits per heavy atom. The molecule has 7 heteroatoms. The molecule has 0 aliphatic heterocycles. The molecule has 0 spiro atoms. The van der Waals surface area contributed by atoms with Crippen molar-refractivity contribution >= 4 is 22.5 Å². The number of nitrogens with two attached hydrogens (primary N) is 1. The molecule has 2 aromatic rings. The summed E-state index contributed by atoms with van der Waals surface area (Å²) in [5.41, 5.74) is 5.28. The molecule has 0 aliphatic rings. The Hall–Kier alpha value is -2.88. The van der Waals surface area contributed by atoms with Gasteiger partial charge in [0.15, 0.2) is 5.52 Å². The average molecular weight is 230 g/mol. The maximum absolute atomic E-state index is 10.7. The summed E-state index contributed by atoms with van der Waals surface area (Å²) in [5.74, 6) is 3.83. The lowest BCUT2D eigenvalue weighted by molar-refractivity contribution is -0.383. The van der Waals surface area contributed by atoms with Crippen molar-refractivity contribution in [3.63, 3.8) is 0 Å². The maximum Gasteiger partial charge on any atom is 0.297 e. The number of aromatic amines is 1. The van der Waals surface area contributed by atoms with Crippen LogP contribution in [0.4, 0.5) is 5.69 Å². The van der Waals surface area contributed by atoms with E-state index in [0.717, 1.165) is 0 Å². The number of nitro benzene ring substituents is 1. The van der Waals surface area contributed by atoms with Gasteiger partial charge in [-0.15, -0.1) is 0 Å². The van der Waals surface area contributed by atoms with E-state index in [2.05, 4.69) is 22.0 Å². The van der Waals surface area contributed by atoms with Gasteiger partial charge in [-0.25, -0.2) is 0 Å². The summed E-state index contributed by atoms with van der Waals surface area (Å²) in [6.07, 6.45) is 0. The number of primary amides is 1. The maximum atomic E-state index is 10.7. The number of amides is 1. The van der Waals surface area contributed by atoms with Crippen molar-refractivity contribution in [2.45, 2.75) is 0 Å². The molecule has 0 saturated carbocycles. The lowest BCUT2D eigenvalue weighted by Gasteiger charge is -1.91. The lowest BCUT2D eigenvalue weighted by Crippen LogP contribution is -2.06. The van der Waals surface area contributed by atoms with Crippen molar-refractivity contribution < 1.29 is 9.72 Å². The van der Waals surface area contributed by atoms with E-state index < -0.39 is 10.8 Å². The Morgan fingerprint density at radius 1 is 1.53 bits per heavy atom. The number of hydrogen-bond donors (Lipinski definition) is 2. The van der Waals surface area contributed by atoms with E-state index in [9.17, 15) is 14.9 Å². The molecule has 0 fully saturated rings. The zero-order valence-corrected chi connectivity index (χ0v) is 8.43. The van der Waals surface area contributed by atoms with Gasteiger partial charge in [0.2, 0.25) is 0 Å². The molecule has 0 radical (unpaired) electrons. The fraction of sp³-hybridized carbons (Fsp3) is 0. The Morgan fingerprint density at radius 3 is 2.94 bits per heavy atom. The third-order valence-corrected chi connectivity index (χ3v) is 2.07. The Kier molecular flexibility index (Phi) is 2.46. The van der Waals surface area contributed by atoms with Crippen molar-refractivity contribution in [2.24, 2.45) is 5.73 Å². The second-order valence-electron chi connectivity index (χ2n) is 3.14. The van der Waals surface area contributed by atoms with E-state index in [0.29, 0.717) is 11.1 Å². The zero-order valence-electron chi connectivity index (χ0n) is 8.43. The number of aromatic nitrogens is 2. The molecule has 0 aliphatic carbocycles. The molecular weight excluding hydrogens is 224 g/mol. The first-order chi connectivity index (χ1) is 8.09. The predicted octanol–water partition coefficient (Wildman–Crippen LogP) is 0.308. The summed E-state index contributed by atoms with van der Waals surface area (Å²) in [7, 11) is 0. The molecule has 3 N–H and O–H groups in total. The number of nitrogens with zero attached hydrogens (tertiary/aromatic N) is 2. The molecule has 0 bridgehead atoms. The van der Waals surface area contributed by atoms with Crippen LogP contribution in [-0.2, 0) is 4.79 Å². The van der Waals surface area contributed by atoms with E-state index in [1.165, 1.54) is 12.1 Å². The third-order valence-electron chi connectivity index (χ3n) is 2.07. The third kappa shape index (κ3) is 1.91. The van der Waals surface area contributed by atoms with Crippen LogP contribution in [0.25, 0.3) is 10.9 Å². The second-order valence-corrected chi connectivity index (χ2v) is 3.14. The molecule has 0 saturated heterocycles. The van der Waals surface area contributed by atoms with Crippen LogP contribution in [0.5, 0.6) is 0 Å². The first-order valence-electron chi connectivity index (χ1n) is 4.52. The Labute approximate surface area is 94.8 Å². The van der Waals surface area contributed by atoms with Gasteiger partial charge in [-0.05, 0) is 12.0 Å². The van der Waals surface area contributed by atoms with Crippen LogP contribution in [0.2, 0.25) is 0 Å². The van der Waals surface area contributed by atoms with Crippen molar-refractivity contribution in [2.75, 3.05) is 0 Å². The summed E-state index contributed by atoms with van der Waals surface area (Å²) >= 11 is 0. The quantitative estimate of drug-likeness (QED) is 0.416. The molecular formula is C10H6N4O3. The number of fused-ring (bicyclic) bond motifs is 1. The van der Waals surface area contributed by atoms with Gasteiger partial charge >= 0.3 is 0 Å². The molecule has 17 heavy (non-hydrogen) atoms. The van der Waals surface area contributed by atoms with Crippen LogP contribution >= 0.6 is 0 Å². The van der Waals surface area contributed by atoms with Crippen LogP contribution in [0.1, 0.15) is 5.69 Å². The van der Waals surface area contributed by atoms with Crippen molar-refractivity contribution in [1.29, 1.82) is 0 Å². The van der Waals surface area contributed by atoms with Crippen LogP contribution in [0.3, 0.4) is 0 Å². The van der Waals surface area contributed by atoms with E-state index in [-0.39, 0.29) is 11.2 Å². The first kappa shape index (κ1) is 10.6. The van der Waals surface area contributed by atoms with Gasteiger partial charge in [0.1, 0.15) is 5.69 Å². The molecule has 7 nitrogen and oxygen atoms in total. The van der Waals surface area contributed by atoms with E-state index in [4.69, 9.17) is 5.73 Å². The van der Waals surface area contributed by atoms with Gasteiger partial charge in [-0.2, -0.15) is 5.10 Å². The molecule has 0 atom stereocenters. The van der Waals surface area contributed by atoms with Crippen molar-refractivity contribution in [1.82, 2.24) is 10.2 Å². The van der Waals surface area contributed by atoms with Gasteiger partial charge in [-0.3, -0.25) is 20.0 Å². The minimum Gasteiger partial charge on any atom is -0.359 e. The van der Waals surface area contributed by atoms with E-state index in [1.807, 2.05) is 0 Å². The van der Waals surface area contributed by atoms with Crippen LogP contribution < -0.4 is 5.73 Å². The number of H-pyrrole nitrogens is 1. The number of nitro groups is 1. The summed E-state index contributed by atoms with van der Waals surface area (Å²) in [6.45, 7) is 0. The minimum absolute atomic E-state index is 0.120. The molecule has 2 rings (SSSR count). The molecule has 1 aromatic carbocycles.